The van der Waals surface area contributed by atoms with E-state index in [1.54, 1.807) is 0 Å². The first-order chi connectivity index (χ1) is 7.55. The number of nitrogens with two attached hydrogens (primary N) is 1. The summed E-state index contributed by atoms with van der Waals surface area (Å²) in [6.45, 7) is 2.12. The summed E-state index contributed by atoms with van der Waals surface area (Å²) in [6.07, 6.45) is 2.70. The van der Waals surface area contributed by atoms with Crippen LogP contribution in [0.1, 0.15) is 25.3 Å². The van der Waals surface area contributed by atoms with Gasteiger partial charge in [0.25, 0.3) is 0 Å². The highest BCUT2D eigenvalue weighted by atomic mass is 19.1. The second-order valence-electron chi connectivity index (χ2n) is 4.81. The summed E-state index contributed by atoms with van der Waals surface area (Å²) < 4.78 is 26.2. The Morgan fingerprint density at radius 2 is 2.12 bits per heavy atom. The average Bonchev–Trinajstić information content (AvgIpc) is 2.96. The van der Waals surface area contributed by atoms with E-state index in [1.165, 1.54) is 12.1 Å². The van der Waals surface area contributed by atoms with E-state index in [0.717, 1.165) is 18.9 Å². The summed E-state index contributed by atoms with van der Waals surface area (Å²) in [5.41, 5.74) is 3.41. The molecule has 4 heteroatoms. The molecule has 0 aromatic heterocycles. The van der Waals surface area contributed by atoms with Crippen molar-refractivity contribution in [1.82, 2.24) is 5.43 Å². The third-order valence-corrected chi connectivity index (χ3v) is 3.52. The molecular weight excluding hydrogens is 210 g/mol. The minimum absolute atomic E-state index is 0.0486. The highest BCUT2D eigenvalue weighted by Gasteiger charge is 2.44. The second-order valence-corrected chi connectivity index (χ2v) is 4.81. The first-order valence-electron chi connectivity index (χ1n) is 5.45. The summed E-state index contributed by atoms with van der Waals surface area (Å²) >= 11 is 0. The van der Waals surface area contributed by atoms with E-state index in [1.807, 2.05) is 0 Å². The summed E-state index contributed by atoms with van der Waals surface area (Å²) in [6, 6.07) is 3.73. The minimum atomic E-state index is -0.545. The molecular formula is C12H16F2N2. The van der Waals surface area contributed by atoms with Crippen LogP contribution in [0.3, 0.4) is 0 Å². The Labute approximate surface area is 93.8 Å². The molecule has 1 aromatic rings. The maximum absolute atomic E-state index is 13.4. The molecule has 0 heterocycles. The SMILES string of the molecule is CC1(C(Cc2ccc(F)cc2F)NN)CC1. The molecule has 1 fully saturated rings. The largest absolute Gasteiger partial charge is 0.271 e. The molecule has 1 aliphatic carbocycles. The molecule has 0 saturated heterocycles. The van der Waals surface area contributed by atoms with E-state index in [9.17, 15) is 8.78 Å². The van der Waals surface area contributed by atoms with Crippen LogP contribution >= 0.6 is 0 Å². The van der Waals surface area contributed by atoms with Crippen LogP contribution in [0.5, 0.6) is 0 Å². The van der Waals surface area contributed by atoms with Crippen molar-refractivity contribution in [3.05, 3.63) is 35.4 Å². The zero-order chi connectivity index (χ0) is 11.8. The smallest absolute Gasteiger partial charge is 0.129 e. The van der Waals surface area contributed by atoms with Crippen LogP contribution in [-0.4, -0.2) is 6.04 Å². The van der Waals surface area contributed by atoms with Gasteiger partial charge >= 0.3 is 0 Å². The van der Waals surface area contributed by atoms with Gasteiger partial charge in [0.2, 0.25) is 0 Å². The van der Waals surface area contributed by atoms with Gasteiger partial charge in [0.05, 0.1) is 0 Å². The standard InChI is InChI=1S/C12H16F2N2/c1-12(4-5-12)11(16-15)6-8-2-3-9(13)7-10(8)14/h2-3,7,11,16H,4-6,15H2,1H3. The molecule has 2 rings (SSSR count). The van der Waals surface area contributed by atoms with Crippen molar-refractivity contribution in [2.45, 2.75) is 32.2 Å². The maximum Gasteiger partial charge on any atom is 0.129 e. The molecule has 2 nitrogen and oxygen atoms in total. The maximum atomic E-state index is 13.4. The first-order valence-corrected chi connectivity index (χ1v) is 5.45. The first kappa shape index (κ1) is 11.5. The van der Waals surface area contributed by atoms with Gasteiger partial charge in [0.1, 0.15) is 11.6 Å². The van der Waals surface area contributed by atoms with Gasteiger partial charge in [-0.1, -0.05) is 13.0 Å². The summed E-state index contributed by atoms with van der Waals surface area (Å²) in [4.78, 5) is 0. The van der Waals surface area contributed by atoms with E-state index >= 15 is 0 Å². The van der Waals surface area contributed by atoms with Gasteiger partial charge in [0.15, 0.2) is 0 Å². The number of rotatable bonds is 4. The van der Waals surface area contributed by atoms with E-state index in [4.69, 9.17) is 5.84 Å². The number of benzene rings is 1. The van der Waals surface area contributed by atoms with E-state index < -0.39 is 11.6 Å². The second kappa shape index (κ2) is 4.11. The van der Waals surface area contributed by atoms with Crippen LogP contribution in [0.4, 0.5) is 8.78 Å². The van der Waals surface area contributed by atoms with E-state index in [2.05, 4.69) is 12.3 Å². The van der Waals surface area contributed by atoms with Crippen molar-refractivity contribution in [1.29, 1.82) is 0 Å². The van der Waals surface area contributed by atoms with E-state index in [0.29, 0.717) is 12.0 Å². The van der Waals surface area contributed by atoms with Gasteiger partial charge in [0, 0.05) is 12.1 Å². The van der Waals surface area contributed by atoms with Gasteiger partial charge in [-0.05, 0) is 36.3 Å². The number of hydrogen-bond acceptors (Lipinski definition) is 2. The zero-order valence-corrected chi connectivity index (χ0v) is 9.26. The average molecular weight is 226 g/mol. The summed E-state index contributed by atoms with van der Waals surface area (Å²) in [7, 11) is 0. The molecule has 0 amide bonds. The van der Waals surface area contributed by atoms with Gasteiger partial charge in [-0.2, -0.15) is 0 Å². The number of hydrazine groups is 1. The molecule has 16 heavy (non-hydrogen) atoms. The predicted octanol–water partition coefficient (Wildman–Crippen LogP) is 2.14. The molecule has 0 aliphatic heterocycles. The Kier molecular flexibility index (Phi) is 2.95. The normalized spacial score (nSPS) is 19.5. The van der Waals surface area contributed by atoms with Gasteiger partial charge in [-0.15, -0.1) is 0 Å². The zero-order valence-electron chi connectivity index (χ0n) is 9.26. The fourth-order valence-corrected chi connectivity index (χ4v) is 1.96. The summed E-state index contributed by atoms with van der Waals surface area (Å²) in [5.74, 6) is 4.44. The Bertz CT molecular complexity index is 389. The van der Waals surface area contributed by atoms with Crippen LogP contribution in [0, 0.1) is 17.0 Å². The lowest BCUT2D eigenvalue weighted by atomic mass is 9.93. The molecule has 1 unspecified atom stereocenters. The molecule has 0 radical (unpaired) electrons. The Morgan fingerprint density at radius 1 is 1.44 bits per heavy atom. The monoisotopic (exact) mass is 226 g/mol. The molecule has 1 atom stereocenters. The molecule has 0 bridgehead atoms. The van der Waals surface area contributed by atoms with Crippen molar-refractivity contribution in [3.8, 4) is 0 Å². The van der Waals surface area contributed by atoms with Crippen LogP contribution in [0.15, 0.2) is 18.2 Å². The fraction of sp³-hybridized carbons (Fsp3) is 0.500. The summed E-state index contributed by atoms with van der Waals surface area (Å²) in [5, 5.41) is 0. The molecule has 88 valence electrons. The third kappa shape index (κ3) is 2.23. The number of halogens is 2. The van der Waals surface area contributed by atoms with Crippen LogP contribution in [0.2, 0.25) is 0 Å². The van der Waals surface area contributed by atoms with Crippen molar-refractivity contribution in [2.24, 2.45) is 11.3 Å². The lowest BCUT2D eigenvalue weighted by Gasteiger charge is -2.22. The molecule has 1 saturated carbocycles. The Balaban J connectivity index is 2.13. The lowest BCUT2D eigenvalue weighted by Crippen LogP contribution is -2.42. The Morgan fingerprint density at radius 3 is 2.62 bits per heavy atom. The van der Waals surface area contributed by atoms with Gasteiger partial charge in [-0.3, -0.25) is 11.3 Å². The van der Waals surface area contributed by atoms with Crippen LogP contribution in [-0.2, 0) is 6.42 Å². The predicted molar refractivity (Wildman–Crippen MR) is 58.5 cm³/mol. The number of nitrogens with one attached hydrogen (secondary N) is 1. The lowest BCUT2D eigenvalue weighted by molar-refractivity contribution is 0.355. The topological polar surface area (TPSA) is 38.0 Å². The third-order valence-electron chi connectivity index (χ3n) is 3.52. The van der Waals surface area contributed by atoms with E-state index in [-0.39, 0.29) is 11.5 Å². The van der Waals surface area contributed by atoms with Crippen molar-refractivity contribution in [3.63, 3.8) is 0 Å². The molecule has 1 aromatic carbocycles. The highest BCUT2D eigenvalue weighted by Crippen LogP contribution is 2.48. The quantitative estimate of drug-likeness (QED) is 0.609. The van der Waals surface area contributed by atoms with Crippen LogP contribution in [0.25, 0.3) is 0 Å². The van der Waals surface area contributed by atoms with Crippen LogP contribution < -0.4 is 11.3 Å². The molecule has 0 spiro atoms. The van der Waals surface area contributed by atoms with Gasteiger partial charge in [-0.25, -0.2) is 8.78 Å². The van der Waals surface area contributed by atoms with Gasteiger partial charge < -0.3 is 0 Å². The van der Waals surface area contributed by atoms with Crippen molar-refractivity contribution in [2.75, 3.05) is 0 Å². The fourth-order valence-electron chi connectivity index (χ4n) is 1.96. The number of hydrogen-bond donors (Lipinski definition) is 2. The highest BCUT2D eigenvalue weighted by molar-refractivity contribution is 5.21. The molecule has 1 aliphatic rings. The minimum Gasteiger partial charge on any atom is -0.271 e. The molecule has 3 N–H and O–H groups in total. The van der Waals surface area contributed by atoms with Crippen molar-refractivity contribution < 1.29 is 8.78 Å². The Hall–Kier alpha value is -1.00. The van der Waals surface area contributed by atoms with Crippen molar-refractivity contribution >= 4 is 0 Å².